The first-order valence-corrected chi connectivity index (χ1v) is 5.80. The highest BCUT2D eigenvalue weighted by Gasteiger charge is 2.46. The van der Waals surface area contributed by atoms with E-state index < -0.39 is 24.6 Å². The van der Waals surface area contributed by atoms with Crippen molar-refractivity contribution in [3.05, 3.63) is 41.7 Å². The quantitative estimate of drug-likeness (QED) is 0.421. The fraction of sp³-hybridized carbons (Fsp3) is 0.385. The molecule has 6 heteroatoms. The Kier molecular flexibility index (Phi) is 4.52. The van der Waals surface area contributed by atoms with Crippen molar-refractivity contribution >= 4 is 6.08 Å². The Morgan fingerprint density at radius 1 is 1.26 bits per heavy atom. The fourth-order valence-electron chi connectivity index (χ4n) is 1.91. The SMILES string of the molecule is COO[C@@H]1[C@H](O)[C@@H](C(O)=Cc2ccccc2)O[C@@H]1O. The molecule has 2 rings (SSSR count). The average molecular weight is 268 g/mol. The number of ether oxygens (including phenoxy) is 1. The van der Waals surface area contributed by atoms with Crippen molar-refractivity contribution in [1.29, 1.82) is 0 Å². The van der Waals surface area contributed by atoms with E-state index in [-0.39, 0.29) is 5.76 Å². The summed E-state index contributed by atoms with van der Waals surface area (Å²) in [5.41, 5.74) is 0.751. The van der Waals surface area contributed by atoms with Crippen molar-refractivity contribution < 1.29 is 29.8 Å². The third-order valence-corrected chi connectivity index (χ3v) is 2.83. The predicted octanol–water partition coefficient (Wildman–Crippen LogP) is 0.610. The lowest BCUT2D eigenvalue weighted by molar-refractivity contribution is -0.337. The molecule has 0 radical (unpaired) electrons. The van der Waals surface area contributed by atoms with Crippen molar-refractivity contribution in [2.75, 3.05) is 7.11 Å². The molecule has 1 aliphatic heterocycles. The van der Waals surface area contributed by atoms with Gasteiger partial charge in [0, 0.05) is 0 Å². The molecular weight excluding hydrogens is 252 g/mol. The number of hydrogen-bond donors (Lipinski definition) is 3. The molecule has 3 N–H and O–H groups in total. The predicted molar refractivity (Wildman–Crippen MR) is 65.8 cm³/mol. The summed E-state index contributed by atoms with van der Waals surface area (Å²) < 4.78 is 5.05. The van der Waals surface area contributed by atoms with Crippen LogP contribution < -0.4 is 0 Å². The minimum Gasteiger partial charge on any atom is -0.509 e. The molecular formula is C13H16O6. The van der Waals surface area contributed by atoms with Gasteiger partial charge in [0.1, 0.15) is 18.0 Å². The summed E-state index contributed by atoms with van der Waals surface area (Å²) >= 11 is 0. The van der Waals surface area contributed by atoms with E-state index in [0.29, 0.717) is 0 Å². The molecule has 1 aromatic rings. The normalized spacial score (nSPS) is 31.6. The number of benzene rings is 1. The van der Waals surface area contributed by atoms with E-state index in [2.05, 4.69) is 4.89 Å². The first-order valence-electron chi connectivity index (χ1n) is 5.80. The van der Waals surface area contributed by atoms with Crippen LogP contribution in [-0.4, -0.2) is 47.0 Å². The van der Waals surface area contributed by atoms with Crippen LogP contribution in [0.1, 0.15) is 5.56 Å². The maximum Gasteiger partial charge on any atom is 0.188 e. The highest BCUT2D eigenvalue weighted by molar-refractivity contribution is 5.51. The first-order chi connectivity index (χ1) is 9.13. The van der Waals surface area contributed by atoms with Crippen molar-refractivity contribution in [2.24, 2.45) is 0 Å². The van der Waals surface area contributed by atoms with Gasteiger partial charge in [0.25, 0.3) is 0 Å². The minimum atomic E-state index is -1.37. The Hall–Kier alpha value is -1.44. The Labute approximate surface area is 110 Å². The lowest BCUT2D eigenvalue weighted by Crippen LogP contribution is -2.35. The van der Waals surface area contributed by atoms with Crippen LogP contribution in [0.5, 0.6) is 0 Å². The van der Waals surface area contributed by atoms with Crippen LogP contribution in [0.3, 0.4) is 0 Å². The topological polar surface area (TPSA) is 88.4 Å². The monoisotopic (exact) mass is 268 g/mol. The first kappa shape index (κ1) is 14.0. The molecule has 0 saturated carbocycles. The van der Waals surface area contributed by atoms with Crippen LogP contribution in [0.4, 0.5) is 0 Å². The Balaban J connectivity index is 2.12. The van der Waals surface area contributed by atoms with Crippen molar-refractivity contribution in [3.63, 3.8) is 0 Å². The lowest BCUT2D eigenvalue weighted by Gasteiger charge is -2.15. The van der Waals surface area contributed by atoms with Gasteiger partial charge >= 0.3 is 0 Å². The zero-order valence-electron chi connectivity index (χ0n) is 10.3. The molecule has 1 aliphatic rings. The maximum absolute atomic E-state index is 9.95. The van der Waals surface area contributed by atoms with Gasteiger partial charge < -0.3 is 20.1 Å². The second kappa shape index (κ2) is 6.14. The average Bonchev–Trinajstić information content (AvgIpc) is 2.68. The summed E-state index contributed by atoms with van der Waals surface area (Å²) in [6.45, 7) is 0. The molecule has 104 valence electrons. The van der Waals surface area contributed by atoms with Gasteiger partial charge in [-0.1, -0.05) is 30.3 Å². The second-order valence-electron chi connectivity index (χ2n) is 4.15. The Morgan fingerprint density at radius 3 is 2.58 bits per heavy atom. The summed E-state index contributed by atoms with van der Waals surface area (Å²) in [6.07, 6.45) is -3.27. The van der Waals surface area contributed by atoms with Gasteiger partial charge in [-0.15, -0.1) is 0 Å². The number of rotatable bonds is 4. The lowest BCUT2D eigenvalue weighted by atomic mass is 10.1. The Morgan fingerprint density at radius 2 is 1.95 bits per heavy atom. The van der Waals surface area contributed by atoms with E-state index >= 15 is 0 Å². The fourth-order valence-corrected chi connectivity index (χ4v) is 1.91. The minimum absolute atomic E-state index is 0.194. The van der Waals surface area contributed by atoms with Crippen molar-refractivity contribution in [3.8, 4) is 0 Å². The molecule has 0 amide bonds. The van der Waals surface area contributed by atoms with Crippen LogP contribution in [0.2, 0.25) is 0 Å². The van der Waals surface area contributed by atoms with Gasteiger partial charge in [-0.25, -0.2) is 9.78 Å². The molecule has 1 saturated heterocycles. The summed E-state index contributed by atoms with van der Waals surface area (Å²) in [4.78, 5) is 9.11. The van der Waals surface area contributed by atoms with E-state index in [0.717, 1.165) is 5.56 Å². The highest BCUT2D eigenvalue weighted by atomic mass is 17.2. The molecule has 1 aromatic carbocycles. The van der Waals surface area contributed by atoms with Gasteiger partial charge in [-0.2, -0.15) is 0 Å². The molecule has 0 spiro atoms. The maximum atomic E-state index is 9.95. The molecule has 0 aliphatic carbocycles. The van der Waals surface area contributed by atoms with E-state index in [1.165, 1.54) is 13.2 Å². The van der Waals surface area contributed by atoms with Gasteiger partial charge in [-0.3, -0.25) is 0 Å². The summed E-state index contributed by atoms with van der Waals surface area (Å²) in [5, 5.41) is 29.4. The van der Waals surface area contributed by atoms with E-state index in [9.17, 15) is 15.3 Å². The smallest absolute Gasteiger partial charge is 0.188 e. The van der Waals surface area contributed by atoms with Gasteiger partial charge in [0.15, 0.2) is 12.4 Å². The molecule has 6 nitrogen and oxygen atoms in total. The Bertz CT molecular complexity index is 432. The van der Waals surface area contributed by atoms with Crippen LogP contribution in [0, 0.1) is 0 Å². The van der Waals surface area contributed by atoms with Crippen molar-refractivity contribution in [2.45, 2.75) is 24.6 Å². The molecule has 0 bridgehead atoms. The van der Waals surface area contributed by atoms with Gasteiger partial charge in [0.05, 0.1) is 7.11 Å². The number of aliphatic hydroxyl groups excluding tert-OH is 3. The number of aliphatic hydroxyl groups is 3. The molecule has 0 unspecified atom stereocenters. The van der Waals surface area contributed by atoms with Gasteiger partial charge in [-0.05, 0) is 11.6 Å². The standard InChI is InChI=1S/C13H16O6/c1-17-19-12-10(15)11(18-13(12)16)9(14)7-8-5-3-2-4-6-8/h2-7,10-16H,1H3/t10-,11-,12-,13+/m1/s1. The van der Waals surface area contributed by atoms with E-state index in [1.54, 1.807) is 12.1 Å². The van der Waals surface area contributed by atoms with E-state index in [4.69, 9.17) is 9.62 Å². The third kappa shape index (κ3) is 3.12. The molecule has 19 heavy (non-hydrogen) atoms. The van der Waals surface area contributed by atoms with Crippen LogP contribution in [-0.2, 0) is 14.5 Å². The van der Waals surface area contributed by atoms with E-state index in [1.807, 2.05) is 18.2 Å². The largest absolute Gasteiger partial charge is 0.509 e. The highest BCUT2D eigenvalue weighted by Crippen LogP contribution is 2.27. The molecule has 1 fully saturated rings. The van der Waals surface area contributed by atoms with Crippen molar-refractivity contribution in [1.82, 2.24) is 0 Å². The second-order valence-corrected chi connectivity index (χ2v) is 4.15. The van der Waals surface area contributed by atoms with Gasteiger partial charge in [0.2, 0.25) is 0 Å². The molecule has 4 atom stereocenters. The third-order valence-electron chi connectivity index (χ3n) is 2.83. The van der Waals surface area contributed by atoms with Crippen LogP contribution in [0.15, 0.2) is 36.1 Å². The zero-order chi connectivity index (χ0) is 13.8. The summed E-state index contributed by atoms with van der Waals surface area (Å²) in [5.74, 6) is -0.194. The summed E-state index contributed by atoms with van der Waals surface area (Å²) in [6, 6.07) is 9.06. The molecule has 1 heterocycles. The number of hydrogen-bond acceptors (Lipinski definition) is 6. The molecule has 0 aromatic heterocycles. The summed E-state index contributed by atoms with van der Waals surface area (Å²) in [7, 11) is 1.26. The zero-order valence-corrected chi connectivity index (χ0v) is 10.3. The van der Waals surface area contributed by atoms with Crippen LogP contribution >= 0.6 is 0 Å². The van der Waals surface area contributed by atoms with Crippen LogP contribution in [0.25, 0.3) is 6.08 Å².